The van der Waals surface area contributed by atoms with E-state index in [-0.39, 0.29) is 37.0 Å². The largest absolute Gasteiger partial charge is 0.379 e. The molecule has 0 saturated heterocycles. The van der Waals surface area contributed by atoms with Gasteiger partial charge in [-0.2, -0.15) is 0 Å². The number of fused-ring (bicyclic) bond motifs is 2. The van der Waals surface area contributed by atoms with Gasteiger partial charge >= 0.3 is 0 Å². The van der Waals surface area contributed by atoms with Crippen molar-refractivity contribution in [2.24, 2.45) is 5.84 Å². The maximum atomic E-state index is 13.2. The highest BCUT2D eigenvalue weighted by Gasteiger charge is 2.21. The molecule has 0 atom stereocenters. The van der Waals surface area contributed by atoms with E-state index in [9.17, 15) is 14.4 Å². The van der Waals surface area contributed by atoms with Crippen LogP contribution in [0.2, 0.25) is 0 Å². The van der Waals surface area contributed by atoms with Crippen LogP contribution in [0.5, 0.6) is 0 Å². The first-order valence-electron chi connectivity index (χ1n) is 13.8. The molecule has 1 aliphatic heterocycles. The Hall–Kier alpha value is -3.61. The van der Waals surface area contributed by atoms with Crippen LogP contribution >= 0.6 is 0 Å². The van der Waals surface area contributed by atoms with Gasteiger partial charge in [-0.3, -0.25) is 19.8 Å². The minimum atomic E-state index is -0.272. The Morgan fingerprint density at radius 1 is 0.683 bits per heavy atom. The van der Waals surface area contributed by atoms with Crippen molar-refractivity contribution >= 4 is 35.6 Å². The summed E-state index contributed by atoms with van der Waals surface area (Å²) in [7, 11) is 0. The van der Waals surface area contributed by atoms with Crippen molar-refractivity contribution in [1.29, 1.82) is 0 Å². The number of hydrazine groups is 1. The molecule has 0 unspecified atom stereocenters. The van der Waals surface area contributed by atoms with Crippen molar-refractivity contribution in [1.82, 2.24) is 10.7 Å². The predicted octanol–water partition coefficient (Wildman–Crippen LogP) is 2.05. The van der Waals surface area contributed by atoms with E-state index in [1.165, 1.54) is 0 Å². The SMILES string of the molecule is NNC(=O)CCOCCOCCOCCOCCNC(=O)CCC(=O)N1Cc2ccccc2/C=C\c2ccccc21. The Kier molecular flexibility index (Phi) is 14.5. The van der Waals surface area contributed by atoms with Gasteiger partial charge in [0.2, 0.25) is 17.7 Å². The van der Waals surface area contributed by atoms with Crippen LogP contribution < -0.4 is 21.5 Å². The summed E-state index contributed by atoms with van der Waals surface area (Å²) in [5.41, 5.74) is 5.97. The number of para-hydroxylation sites is 1. The van der Waals surface area contributed by atoms with Crippen LogP contribution in [-0.2, 0) is 39.9 Å². The second-order valence-corrected chi connectivity index (χ2v) is 9.19. The van der Waals surface area contributed by atoms with Crippen molar-refractivity contribution < 1.29 is 33.3 Å². The molecule has 222 valence electrons. The Labute approximate surface area is 240 Å². The van der Waals surface area contributed by atoms with E-state index in [1.807, 2.05) is 60.0 Å². The number of hydrogen-bond acceptors (Lipinski definition) is 8. The van der Waals surface area contributed by atoms with E-state index in [1.54, 1.807) is 4.90 Å². The van der Waals surface area contributed by atoms with E-state index >= 15 is 0 Å². The molecule has 0 aromatic heterocycles. The number of carbonyl (C=O) groups excluding carboxylic acids is 3. The van der Waals surface area contributed by atoms with E-state index < -0.39 is 0 Å². The van der Waals surface area contributed by atoms with Crippen molar-refractivity contribution in [3.63, 3.8) is 0 Å². The zero-order valence-corrected chi connectivity index (χ0v) is 23.3. The van der Waals surface area contributed by atoms with Gasteiger partial charge in [-0.25, -0.2) is 5.84 Å². The van der Waals surface area contributed by atoms with E-state index in [0.717, 1.165) is 22.4 Å². The average molecular weight is 569 g/mol. The summed E-state index contributed by atoms with van der Waals surface area (Å²) >= 11 is 0. The van der Waals surface area contributed by atoms with E-state index in [2.05, 4.69) is 11.4 Å². The summed E-state index contributed by atoms with van der Waals surface area (Å²) in [4.78, 5) is 38.3. The molecule has 2 aromatic rings. The average Bonchev–Trinajstić information content (AvgIpc) is 2.98. The lowest BCUT2D eigenvalue weighted by Crippen LogP contribution is -2.33. The molecule has 0 fully saturated rings. The Morgan fingerprint density at radius 3 is 1.98 bits per heavy atom. The zero-order chi connectivity index (χ0) is 29.1. The molecule has 4 N–H and O–H groups in total. The summed E-state index contributed by atoms with van der Waals surface area (Å²) in [6.45, 7) is 3.89. The molecule has 0 saturated carbocycles. The van der Waals surface area contributed by atoms with Gasteiger partial charge < -0.3 is 29.2 Å². The molecular weight excluding hydrogens is 528 g/mol. The van der Waals surface area contributed by atoms with Gasteiger partial charge in [-0.05, 0) is 22.8 Å². The highest BCUT2D eigenvalue weighted by Crippen LogP contribution is 2.29. The summed E-state index contributed by atoms with van der Waals surface area (Å²) in [6, 6.07) is 15.8. The lowest BCUT2D eigenvalue weighted by Gasteiger charge is -2.27. The van der Waals surface area contributed by atoms with E-state index in [0.29, 0.717) is 65.9 Å². The number of hydrogen-bond donors (Lipinski definition) is 3. The summed E-state index contributed by atoms with van der Waals surface area (Å²) < 4.78 is 21.5. The number of rotatable bonds is 18. The van der Waals surface area contributed by atoms with Crippen LogP contribution in [0.15, 0.2) is 48.5 Å². The quantitative estimate of drug-likeness (QED) is 0.107. The molecule has 0 aliphatic carbocycles. The first-order valence-corrected chi connectivity index (χ1v) is 13.8. The number of nitrogens with zero attached hydrogens (tertiary/aromatic N) is 1. The molecule has 1 heterocycles. The fraction of sp³-hybridized carbons (Fsp3) is 0.433. The summed E-state index contributed by atoms with van der Waals surface area (Å²) in [5.74, 6) is 4.41. The standard InChI is InChI=1S/C30H40N4O7/c31-33-29(36)13-15-38-17-19-40-21-22-41-20-18-39-16-14-32-28(35)11-12-30(37)34-23-26-7-2-1-5-24(26)9-10-25-6-3-4-8-27(25)34/h1-10H,11-23,31H2,(H,32,35)(H,33,36)/b10-9-. The van der Waals surface area contributed by atoms with Crippen LogP contribution in [-0.4, -0.2) is 77.1 Å². The van der Waals surface area contributed by atoms with Crippen LogP contribution in [0.25, 0.3) is 12.2 Å². The molecule has 2 aromatic carbocycles. The maximum Gasteiger partial charge on any atom is 0.236 e. The molecule has 3 amide bonds. The topological polar surface area (TPSA) is 141 Å². The van der Waals surface area contributed by atoms with Crippen molar-refractivity contribution in [3.8, 4) is 0 Å². The predicted molar refractivity (Wildman–Crippen MR) is 155 cm³/mol. The van der Waals surface area contributed by atoms with Crippen molar-refractivity contribution in [2.75, 3.05) is 64.3 Å². The molecule has 0 bridgehead atoms. The monoisotopic (exact) mass is 568 g/mol. The Balaban J connectivity index is 1.23. The van der Waals surface area contributed by atoms with Gasteiger partial charge in [0.1, 0.15) is 0 Å². The highest BCUT2D eigenvalue weighted by molar-refractivity contribution is 5.98. The Bertz CT molecular complexity index is 1140. The van der Waals surface area contributed by atoms with E-state index in [4.69, 9.17) is 24.8 Å². The molecule has 11 nitrogen and oxygen atoms in total. The molecule has 0 spiro atoms. The van der Waals surface area contributed by atoms with Crippen LogP contribution in [0, 0.1) is 0 Å². The molecule has 41 heavy (non-hydrogen) atoms. The van der Waals surface area contributed by atoms with Gasteiger partial charge in [0.05, 0.1) is 71.5 Å². The first-order chi connectivity index (χ1) is 20.1. The minimum Gasteiger partial charge on any atom is -0.379 e. The molecule has 0 radical (unpaired) electrons. The number of amides is 3. The van der Waals surface area contributed by atoms with Gasteiger partial charge in [-0.15, -0.1) is 0 Å². The number of ether oxygens (including phenoxy) is 4. The molecular formula is C30H40N4O7. The lowest BCUT2D eigenvalue weighted by molar-refractivity contribution is -0.125. The fourth-order valence-electron chi connectivity index (χ4n) is 4.08. The fourth-order valence-corrected chi connectivity index (χ4v) is 4.08. The van der Waals surface area contributed by atoms with Crippen molar-refractivity contribution in [2.45, 2.75) is 25.8 Å². The molecule has 1 aliphatic rings. The molecule has 11 heteroatoms. The van der Waals surface area contributed by atoms with Gasteiger partial charge in [0.15, 0.2) is 0 Å². The van der Waals surface area contributed by atoms with Crippen LogP contribution in [0.4, 0.5) is 5.69 Å². The normalized spacial score (nSPS) is 13.0. The third-order valence-corrected chi connectivity index (χ3v) is 6.24. The van der Waals surface area contributed by atoms with Crippen LogP contribution in [0.3, 0.4) is 0 Å². The highest BCUT2D eigenvalue weighted by atomic mass is 16.6. The number of benzene rings is 2. The number of carbonyl (C=O) groups is 3. The third-order valence-electron chi connectivity index (χ3n) is 6.24. The molecule has 3 rings (SSSR count). The number of nitrogens with two attached hydrogens (primary N) is 1. The van der Waals surface area contributed by atoms with Crippen LogP contribution in [0.1, 0.15) is 36.0 Å². The summed E-state index contributed by atoms with van der Waals surface area (Å²) in [6.07, 6.45) is 4.52. The summed E-state index contributed by atoms with van der Waals surface area (Å²) in [5, 5.41) is 2.80. The Morgan fingerprint density at radius 2 is 1.27 bits per heavy atom. The maximum absolute atomic E-state index is 13.2. The van der Waals surface area contributed by atoms with Crippen molar-refractivity contribution in [3.05, 3.63) is 65.2 Å². The third kappa shape index (κ3) is 11.8. The van der Waals surface area contributed by atoms with Gasteiger partial charge in [0.25, 0.3) is 0 Å². The zero-order valence-electron chi connectivity index (χ0n) is 23.3. The van der Waals surface area contributed by atoms with Gasteiger partial charge in [0, 0.05) is 19.4 Å². The second-order valence-electron chi connectivity index (χ2n) is 9.19. The first kappa shape index (κ1) is 31.9. The lowest BCUT2D eigenvalue weighted by atomic mass is 10.0. The second kappa shape index (κ2) is 18.7. The smallest absolute Gasteiger partial charge is 0.236 e. The minimum absolute atomic E-state index is 0.0980. The number of anilines is 1. The number of nitrogens with one attached hydrogen (secondary N) is 2. The van der Waals surface area contributed by atoms with Gasteiger partial charge in [-0.1, -0.05) is 54.6 Å².